The van der Waals surface area contributed by atoms with E-state index in [0.717, 1.165) is 16.1 Å². The second-order valence-corrected chi connectivity index (χ2v) is 8.40. The van der Waals surface area contributed by atoms with Crippen LogP contribution < -0.4 is 4.74 Å². The summed E-state index contributed by atoms with van der Waals surface area (Å²) in [4.78, 5) is 19.0. The third-order valence-electron chi connectivity index (χ3n) is 5.23. The minimum atomic E-state index is -0.369. The Labute approximate surface area is 177 Å². The topological polar surface area (TPSA) is 42.4 Å². The van der Waals surface area contributed by atoms with E-state index in [0.29, 0.717) is 29.4 Å². The van der Waals surface area contributed by atoms with Gasteiger partial charge in [0.2, 0.25) is 5.91 Å². The molecule has 7 heteroatoms. The zero-order valence-electron chi connectivity index (χ0n) is 16.1. The molecule has 1 fully saturated rings. The van der Waals surface area contributed by atoms with Crippen molar-refractivity contribution in [3.8, 4) is 16.3 Å². The lowest BCUT2D eigenvalue weighted by Gasteiger charge is -2.27. The summed E-state index contributed by atoms with van der Waals surface area (Å²) in [6, 6.07) is 12.3. The Balaban J connectivity index is 1.67. The first-order valence-electron chi connectivity index (χ1n) is 9.31. The number of aromatic nitrogens is 1. The fourth-order valence-corrected chi connectivity index (χ4v) is 4.81. The van der Waals surface area contributed by atoms with Gasteiger partial charge in [0.25, 0.3) is 0 Å². The molecule has 0 spiro atoms. The van der Waals surface area contributed by atoms with E-state index in [-0.39, 0.29) is 23.7 Å². The highest BCUT2D eigenvalue weighted by molar-refractivity contribution is 7.13. The molecule has 2 unspecified atom stereocenters. The molecular formula is C22H20ClFN2O2S. The maximum Gasteiger partial charge on any atom is 0.226 e. The van der Waals surface area contributed by atoms with Crippen LogP contribution in [0.3, 0.4) is 0 Å². The number of carbonyl (C=O) groups is 1. The van der Waals surface area contributed by atoms with Gasteiger partial charge in [-0.05, 0) is 30.2 Å². The van der Waals surface area contributed by atoms with E-state index in [1.54, 1.807) is 22.4 Å². The zero-order chi connectivity index (χ0) is 20.5. The molecule has 2 atom stereocenters. The van der Waals surface area contributed by atoms with Gasteiger partial charge >= 0.3 is 0 Å². The Morgan fingerprint density at radius 1 is 1.31 bits per heavy atom. The summed E-state index contributed by atoms with van der Waals surface area (Å²) in [6.45, 7) is 2.27. The lowest BCUT2D eigenvalue weighted by atomic mass is 9.99. The lowest BCUT2D eigenvalue weighted by Crippen LogP contribution is -2.29. The molecule has 2 aromatic carbocycles. The molecule has 1 aliphatic heterocycles. The van der Waals surface area contributed by atoms with Gasteiger partial charge in [-0.15, -0.1) is 11.3 Å². The van der Waals surface area contributed by atoms with Crippen LogP contribution in [-0.4, -0.2) is 22.9 Å². The van der Waals surface area contributed by atoms with Gasteiger partial charge in [-0.25, -0.2) is 9.37 Å². The van der Waals surface area contributed by atoms with Crippen LogP contribution in [0.5, 0.6) is 5.75 Å². The van der Waals surface area contributed by atoms with Crippen LogP contribution in [0.2, 0.25) is 5.15 Å². The molecule has 1 aliphatic rings. The molecule has 0 N–H and O–H groups in total. The first-order chi connectivity index (χ1) is 14.0. The SMILES string of the molecule is COc1cccc(F)c1C1CC(C)C(=O)N1Cc1cccc(-c2nc(Cl)cs2)c1. The third-order valence-corrected chi connectivity index (χ3v) is 6.44. The molecule has 0 saturated carbocycles. The maximum atomic E-state index is 14.7. The van der Waals surface area contributed by atoms with E-state index in [2.05, 4.69) is 4.98 Å². The van der Waals surface area contributed by atoms with E-state index in [9.17, 15) is 9.18 Å². The van der Waals surface area contributed by atoms with Crippen molar-refractivity contribution in [2.75, 3.05) is 7.11 Å². The van der Waals surface area contributed by atoms with Crippen LogP contribution in [0.4, 0.5) is 4.39 Å². The quantitative estimate of drug-likeness (QED) is 0.519. The minimum absolute atomic E-state index is 0.0167. The number of hydrogen-bond donors (Lipinski definition) is 0. The van der Waals surface area contributed by atoms with E-state index in [1.165, 1.54) is 24.5 Å². The van der Waals surface area contributed by atoms with Crippen LogP contribution >= 0.6 is 22.9 Å². The van der Waals surface area contributed by atoms with Gasteiger partial charge < -0.3 is 9.64 Å². The van der Waals surface area contributed by atoms with Gasteiger partial charge in [0.15, 0.2) is 0 Å². The molecule has 0 aliphatic carbocycles. The Kier molecular flexibility index (Phi) is 5.56. The van der Waals surface area contributed by atoms with Crippen LogP contribution in [0, 0.1) is 11.7 Å². The first kappa shape index (κ1) is 19.9. The average molecular weight is 431 g/mol. The highest BCUT2D eigenvalue weighted by Gasteiger charge is 2.40. The predicted molar refractivity (Wildman–Crippen MR) is 113 cm³/mol. The summed E-state index contributed by atoms with van der Waals surface area (Å²) in [6.07, 6.45) is 0.553. The highest BCUT2D eigenvalue weighted by Crippen LogP contribution is 2.42. The number of nitrogens with zero attached hydrogens (tertiary/aromatic N) is 2. The molecule has 4 rings (SSSR count). The number of hydrogen-bond acceptors (Lipinski definition) is 4. The van der Waals surface area contributed by atoms with Gasteiger partial charge in [-0.2, -0.15) is 0 Å². The Morgan fingerprint density at radius 3 is 2.83 bits per heavy atom. The molecule has 0 bridgehead atoms. The number of methoxy groups -OCH3 is 1. The number of benzene rings is 2. The summed E-state index contributed by atoms with van der Waals surface area (Å²) in [5, 5.41) is 3.08. The number of amides is 1. The fourth-order valence-electron chi connectivity index (χ4n) is 3.87. The molecule has 0 radical (unpaired) electrons. The standard InChI is InChI=1S/C22H20ClFN2O2S/c1-13-9-17(20-16(24)7-4-8-18(20)28-2)26(22(13)27)11-14-5-3-6-15(10-14)21-25-19(23)12-29-21/h3-8,10,12-13,17H,9,11H2,1-2H3. The van der Waals surface area contributed by atoms with Crippen molar-refractivity contribution >= 4 is 28.8 Å². The third kappa shape index (κ3) is 3.87. The molecule has 1 amide bonds. The molecule has 3 aromatic rings. The normalized spacial score (nSPS) is 19.0. The largest absolute Gasteiger partial charge is 0.496 e. The van der Waals surface area contributed by atoms with E-state index >= 15 is 0 Å². The van der Waals surface area contributed by atoms with E-state index in [4.69, 9.17) is 16.3 Å². The Hall–Kier alpha value is -2.44. The Bertz CT molecular complexity index is 1050. The minimum Gasteiger partial charge on any atom is -0.496 e. The maximum absolute atomic E-state index is 14.7. The summed E-state index contributed by atoms with van der Waals surface area (Å²) in [7, 11) is 1.52. The van der Waals surface area contributed by atoms with Crippen LogP contribution in [0.1, 0.15) is 30.5 Å². The predicted octanol–water partition coefficient (Wildman–Crippen LogP) is 5.72. The molecule has 1 saturated heterocycles. The molecule has 2 heterocycles. The van der Waals surface area contributed by atoms with Crippen molar-refractivity contribution in [1.29, 1.82) is 0 Å². The van der Waals surface area contributed by atoms with E-state index < -0.39 is 0 Å². The first-order valence-corrected chi connectivity index (χ1v) is 10.6. The molecule has 150 valence electrons. The molecule has 29 heavy (non-hydrogen) atoms. The van der Waals surface area contributed by atoms with Gasteiger partial charge in [0, 0.05) is 23.4 Å². The smallest absolute Gasteiger partial charge is 0.226 e. The van der Waals surface area contributed by atoms with Crippen molar-refractivity contribution < 1.29 is 13.9 Å². The zero-order valence-corrected chi connectivity index (χ0v) is 17.6. The number of halogens is 2. The summed E-state index contributed by atoms with van der Waals surface area (Å²) >= 11 is 7.42. The monoisotopic (exact) mass is 430 g/mol. The van der Waals surface area contributed by atoms with Gasteiger partial charge in [-0.3, -0.25) is 4.79 Å². The van der Waals surface area contributed by atoms with Gasteiger partial charge in [0.1, 0.15) is 21.7 Å². The van der Waals surface area contributed by atoms with Crippen molar-refractivity contribution in [3.63, 3.8) is 0 Å². The fraction of sp³-hybridized carbons (Fsp3) is 0.273. The van der Waals surface area contributed by atoms with Crippen molar-refractivity contribution in [3.05, 3.63) is 69.9 Å². The van der Waals surface area contributed by atoms with Crippen LogP contribution in [-0.2, 0) is 11.3 Å². The number of carbonyl (C=O) groups excluding carboxylic acids is 1. The van der Waals surface area contributed by atoms with Gasteiger partial charge in [-0.1, -0.05) is 42.8 Å². The summed E-state index contributed by atoms with van der Waals surface area (Å²) < 4.78 is 20.1. The number of ether oxygens (including phenoxy) is 1. The summed E-state index contributed by atoms with van der Waals surface area (Å²) in [5.41, 5.74) is 2.34. The second kappa shape index (κ2) is 8.13. The molecule has 1 aromatic heterocycles. The lowest BCUT2D eigenvalue weighted by molar-refractivity contribution is -0.132. The Morgan fingerprint density at radius 2 is 2.10 bits per heavy atom. The number of likely N-dealkylation sites (tertiary alicyclic amines) is 1. The van der Waals surface area contributed by atoms with Crippen molar-refractivity contribution in [2.24, 2.45) is 5.92 Å². The number of thiazole rings is 1. The van der Waals surface area contributed by atoms with Crippen LogP contribution in [0.15, 0.2) is 47.8 Å². The molecular weight excluding hydrogens is 411 g/mol. The highest BCUT2D eigenvalue weighted by atomic mass is 35.5. The van der Waals surface area contributed by atoms with Crippen molar-refractivity contribution in [2.45, 2.75) is 25.9 Å². The summed E-state index contributed by atoms with van der Waals surface area (Å²) in [5.74, 6) is -0.0474. The van der Waals surface area contributed by atoms with E-state index in [1.807, 2.05) is 31.2 Å². The van der Waals surface area contributed by atoms with Gasteiger partial charge in [0.05, 0.1) is 18.7 Å². The average Bonchev–Trinajstić information content (AvgIpc) is 3.27. The number of rotatable bonds is 5. The second-order valence-electron chi connectivity index (χ2n) is 7.15. The van der Waals surface area contributed by atoms with Crippen molar-refractivity contribution in [1.82, 2.24) is 9.88 Å². The van der Waals surface area contributed by atoms with Crippen LogP contribution in [0.25, 0.3) is 10.6 Å². The molecule has 4 nitrogen and oxygen atoms in total.